The van der Waals surface area contributed by atoms with E-state index >= 15 is 0 Å². The first-order valence-corrected chi connectivity index (χ1v) is 9.74. The molecule has 0 unspecified atom stereocenters. The van der Waals surface area contributed by atoms with Crippen LogP contribution in [0.2, 0.25) is 5.02 Å². The van der Waals surface area contributed by atoms with Crippen LogP contribution in [0.3, 0.4) is 0 Å². The Morgan fingerprint density at radius 3 is 2.33 bits per heavy atom. The Morgan fingerprint density at radius 1 is 1.11 bits per heavy atom. The van der Waals surface area contributed by atoms with Crippen molar-refractivity contribution in [2.75, 3.05) is 0 Å². The highest BCUT2D eigenvalue weighted by Gasteiger charge is 2.27. The van der Waals surface area contributed by atoms with E-state index < -0.39 is 39.7 Å². The molecule has 0 saturated heterocycles. The van der Waals surface area contributed by atoms with Crippen LogP contribution in [-0.4, -0.2) is 32.3 Å². The number of benzene rings is 2. The summed E-state index contributed by atoms with van der Waals surface area (Å²) in [5.41, 5.74) is 0.170. The lowest BCUT2D eigenvalue weighted by molar-refractivity contribution is -0.147. The van der Waals surface area contributed by atoms with Crippen LogP contribution in [0.1, 0.15) is 24.2 Å². The number of halogens is 2. The fourth-order valence-electron chi connectivity index (χ4n) is 2.16. The van der Waals surface area contributed by atoms with Crippen molar-refractivity contribution in [1.29, 1.82) is 0 Å². The Kier molecular flexibility index (Phi) is 6.69. The first-order valence-electron chi connectivity index (χ1n) is 7.88. The average molecular weight is 414 g/mol. The van der Waals surface area contributed by atoms with E-state index in [4.69, 9.17) is 16.3 Å². The summed E-state index contributed by atoms with van der Waals surface area (Å²) in [5, 5.41) is 0.228. The summed E-state index contributed by atoms with van der Waals surface area (Å²) in [5.74, 6) is -1.96. The van der Waals surface area contributed by atoms with Gasteiger partial charge in [-0.25, -0.2) is 12.8 Å². The van der Waals surface area contributed by atoms with E-state index in [-0.39, 0.29) is 15.5 Å². The third kappa shape index (κ3) is 5.59. The van der Waals surface area contributed by atoms with Crippen LogP contribution in [0, 0.1) is 5.82 Å². The number of Topliss-reactive ketones (excluding diaryl/α,β-unsaturated/α-hetero) is 1. The summed E-state index contributed by atoms with van der Waals surface area (Å²) < 4.78 is 44.7. The van der Waals surface area contributed by atoms with Crippen molar-refractivity contribution in [2.45, 2.75) is 30.9 Å². The van der Waals surface area contributed by atoms with Crippen LogP contribution >= 0.6 is 11.6 Å². The predicted octanol–water partition coefficient (Wildman–Crippen LogP) is 2.96. The molecule has 1 N–H and O–H groups in total. The fourth-order valence-corrected chi connectivity index (χ4v) is 3.65. The topological polar surface area (TPSA) is 89.5 Å². The second-order valence-corrected chi connectivity index (χ2v) is 7.90. The average Bonchev–Trinajstić information content (AvgIpc) is 2.61. The van der Waals surface area contributed by atoms with E-state index in [0.717, 1.165) is 12.1 Å². The lowest BCUT2D eigenvalue weighted by atomic mass is 10.1. The van der Waals surface area contributed by atoms with E-state index in [2.05, 4.69) is 4.72 Å². The van der Waals surface area contributed by atoms with Crippen LogP contribution < -0.4 is 4.72 Å². The van der Waals surface area contributed by atoms with Crippen molar-refractivity contribution in [2.24, 2.45) is 0 Å². The van der Waals surface area contributed by atoms with Crippen molar-refractivity contribution in [3.63, 3.8) is 0 Å². The number of ether oxygens (including phenoxy) is 1. The highest BCUT2D eigenvalue weighted by atomic mass is 35.5. The highest BCUT2D eigenvalue weighted by Crippen LogP contribution is 2.16. The van der Waals surface area contributed by atoms with Gasteiger partial charge in [0.1, 0.15) is 11.9 Å². The number of sulfonamides is 1. The molecule has 9 heteroatoms. The third-order valence-electron chi connectivity index (χ3n) is 3.58. The molecule has 0 saturated carbocycles. The zero-order chi connectivity index (χ0) is 20.2. The number of hydrogen-bond acceptors (Lipinski definition) is 5. The van der Waals surface area contributed by atoms with Gasteiger partial charge in [0.25, 0.3) is 0 Å². The Hall–Kier alpha value is -2.29. The SMILES string of the molecule is C[C@H](NS(=O)(=O)c1cccc(Cl)c1)C(=O)O[C@H](C)C(=O)c1ccc(F)cc1. The van der Waals surface area contributed by atoms with Gasteiger partial charge in [0.05, 0.1) is 4.90 Å². The molecule has 144 valence electrons. The molecule has 0 aliphatic heterocycles. The van der Waals surface area contributed by atoms with Crippen LogP contribution in [0.25, 0.3) is 0 Å². The van der Waals surface area contributed by atoms with E-state index in [1.807, 2.05) is 0 Å². The van der Waals surface area contributed by atoms with Crippen molar-refractivity contribution >= 4 is 33.4 Å². The Bertz CT molecular complexity index is 946. The molecule has 0 spiro atoms. The molecule has 2 aromatic carbocycles. The summed E-state index contributed by atoms with van der Waals surface area (Å²) >= 11 is 5.78. The predicted molar refractivity (Wildman–Crippen MR) is 97.5 cm³/mol. The van der Waals surface area contributed by atoms with Gasteiger partial charge in [0.2, 0.25) is 15.8 Å². The maximum atomic E-state index is 12.9. The minimum Gasteiger partial charge on any atom is -0.453 e. The second-order valence-electron chi connectivity index (χ2n) is 5.75. The molecule has 0 heterocycles. The summed E-state index contributed by atoms with van der Waals surface area (Å²) in [7, 11) is -4.00. The smallest absolute Gasteiger partial charge is 0.324 e. The van der Waals surface area contributed by atoms with Crippen LogP contribution in [0.5, 0.6) is 0 Å². The number of carbonyl (C=O) groups excluding carboxylic acids is 2. The number of nitrogens with one attached hydrogen (secondary N) is 1. The van der Waals surface area contributed by atoms with Gasteiger partial charge in [-0.15, -0.1) is 0 Å². The number of carbonyl (C=O) groups is 2. The van der Waals surface area contributed by atoms with Crippen molar-refractivity contribution in [1.82, 2.24) is 4.72 Å². The molecule has 0 aliphatic carbocycles. The van der Waals surface area contributed by atoms with E-state index in [1.165, 1.54) is 50.2 Å². The summed E-state index contributed by atoms with van der Waals surface area (Å²) in [4.78, 5) is 24.2. The molecular formula is C18H17ClFNO5S. The lowest BCUT2D eigenvalue weighted by Crippen LogP contribution is -2.41. The molecule has 0 aromatic heterocycles. The van der Waals surface area contributed by atoms with Crippen molar-refractivity contribution < 1.29 is 27.1 Å². The maximum absolute atomic E-state index is 12.9. The Balaban J connectivity index is 2.02. The maximum Gasteiger partial charge on any atom is 0.324 e. The minimum absolute atomic E-state index is 0.106. The van der Waals surface area contributed by atoms with Gasteiger partial charge in [-0.1, -0.05) is 17.7 Å². The van der Waals surface area contributed by atoms with Gasteiger partial charge < -0.3 is 4.74 Å². The van der Waals surface area contributed by atoms with Gasteiger partial charge in [-0.05, 0) is 56.3 Å². The Labute approximate surface area is 161 Å². The summed E-state index contributed by atoms with van der Waals surface area (Å²) in [6, 6.07) is 9.07. The fraction of sp³-hybridized carbons (Fsp3) is 0.222. The number of rotatable bonds is 7. The minimum atomic E-state index is -4.00. The quantitative estimate of drug-likeness (QED) is 0.556. The zero-order valence-corrected chi connectivity index (χ0v) is 16.1. The molecule has 2 rings (SSSR count). The molecule has 0 fully saturated rings. The van der Waals surface area contributed by atoms with E-state index in [9.17, 15) is 22.4 Å². The molecule has 0 radical (unpaired) electrons. The van der Waals surface area contributed by atoms with Crippen LogP contribution in [-0.2, 0) is 19.6 Å². The number of hydrogen-bond donors (Lipinski definition) is 1. The van der Waals surface area contributed by atoms with Crippen molar-refractivity contribution in [3.05, 3.63) is 64.9 Å². The number of ketones is 1. The molecule has 2 atom stereocenters. The van der Waals surface area contributed by atoms with Gasteiger partial charge in [0.15, 0.2) is 6.10 Å². The van der Waals surface area contributed by atoms with Crippen molar-refractivity contribution in [3.8, 4) is 0 Å². The standard InChI is InChI=1S/C18H17ClFNO5S/c1-11(21-27(24,25)16-5-3-4-14(19)10-16)18(23)26-12(2)17(22)13-6-8-15(20)9-7-13/h3-12,21H,1-2H3/t11-,12+/m0/s1. The van der Waals surface area contributed by atoms with Gasteiger partial charge >= 0.3 is 5.97 Å². The normalized spacial score (nSPS) is 13.6. The number of esters is 1. The third-order valence-corrected chi connectivity index (χ3v) is 5.36. The zero-order valence-electron chi connectivity index (χ0n) is 14.5. The largest absolute Gasteiger partial charge is 0.453 e. The molecule has 27 heavy (non-hydrogen) atoms. The molecule has 2 aromatic rings. The van der Waals surface area contributed by atoms with Gasteiger partial charge in [-0.2, -0.15) is 4.72 Å². The molecule has 0 amide bonds. The van der Waals surface area contributed by atoms with Gasteiger partial charge in [-0.3, -0.25) is 9.59 Å². The Morgan fingerprint density at radius 2 is 1.74 bits per heavy atom. The monoisotopic (exact) mass is 413 g/mol. The molecular weight excluding hydrogens is 397 g/mol. The molecule has 0 bridgehead atoms. The molecule has 0 aliphatic rings. The van der Waals surface area contributed by atoms with Gasteiger partial charge in [0, 0.05) is 10.6 Å². The van der Waals surface area contributed by atoms with Crippen LogP contribution in [0.4, 0.5) is 4.39 Å². The first-order chi connectivity index (χ1) is 12.6. The lowest BCUT2D eigenvalue weighted by Gasteiger charge is -2.17. The summed E-state index contributed by atoms with van der Waals surface area (Å²) in [6.07, 6.45) is -1.17. The first kappa shape index (κ1) is 21.0. The van der Waals surface area contributed by atoms with Crippen LogP contribution in [0.15, 0.2) is 53.4 Å². The van der Waals surface area contributed by atoms with E-state index in [1.54, 1.807) is 0 Å². The second kappa shape index (κ2) is 8.60. The summed E-state index contributed by atoms with van der Waals surface area (Å²) in [6.45, 7) is 2.64. The highest BCUT2D eigenvalue weighted by molar-refractivity contribution is 7.89. The molecule has 6 nitrogen and oxygen atoms in total. The van der Waals surface area contributed by atoms with E-state index in [0.29, 0.717) is 0 Å².